The number of benzene rings is 1. The molecule has 17 heavy (non-hydrogen) atoms. The van der Waals surface area contributed by atoms with Crippen LogP contribution in [0.5, 0.6) is 11.5 Å². The molecule has 1 aliphatic rings. The van der Waals surface area contributed by atoms with Crippen LogP contribution in [0.1, 0.15) is 18.0 Å². The topological polar surface area (TPSA) is 105 Å². The van der Waals surface area contributed by atoms with Crippen LogP contribution < -0.4 is 9.47 Å². The van der Waals surface area contributed by atoms with Crippen LogP contribution in [0.25, 0.3) is 10.4 Å². The molecule has 0 fully saturated rings. The predicted molar refractivity (Wildman–Crippen MR) is 56.7 cm³/mol. The third-order valence-electron chi connectivity index (χ3n) is 2.34. The van der Waals surface area contributed by atoms with Crippen LogP contribution >= 0.6 is 0 Å². The van der Waals surface area contributed by atoms with E-state index in [1.54, 1.807) is 18.2 Å². The molecule has 7 heteroatoms. The summed E-state index contributed by atoms with van der Waals surface area (Å²) in [6, 6.07) is 4.21. The number of fused-ring (bicyclic) bond motifs is 1. The van der Waals surface area contributed by atoms with Crippen molar-refractivity contribution in [3.8, 4) is 11.5 Å². The van der Waals surface area contributed by atoms with Crippen molar-refractivity contribution in [2.24, 2.45) is 5.11 Å². The van der Waals surface area contributed by atoms with Crippen LogP contribution in [0.4, 0.5) is 0 Å². The van der Waals surface area contributed by atoms with Crippen LogP contribution in [-0.4, -0.2) is 17.9 Å². The second-order valence-electron chi connectivity index (χ2n) is 3.43. The van der Waals surface area contributed by atoms with Crippen molar-refractivity contribution in [1.29, 1.82) is 0 Å². The van der Waals surface area contributed by atoms with E-state index in [2.05, 4.69) is 10.0 Å². The van der Waals surface area contributed by atoms with Gasteiger partial charge in [0.05, 0.1) is 12.5 Å². The number of ether oxygens (including phenoxy) is 2. The lowest BCUT2D eigenvalue weighted by Gasteiger charge is -2.09. The average molecular weight is 235 g/mol. The van der Waals surface area contributed by atoms with Gasteiger partial charge in [-0.05, 0) is 23.2 Å². The van der Waals surface area contributed by atoms with Gasteiger partial charge in [-0.3, -0.25) is 4.79 Å². The fraction of sp³-hybridized carbons (Fsp3) is 0.300. The number of rotatable bonds is 4. The Labute approximate surface area is 96.2 Å². The molecule has 1 aromatic carbocycles. The van der Waals surface area contributed by atoms with Gasteiger partial charge in [0.15, 0.2) is 11.5 Å². The van der Waals surface area contributed by atoms with Crippen molar-refractivity contribution in [3.05, 3.63) is 34.2 Å². The summed E-state index contributed by atoms with van der Waals surface area (Å²) in [5.41, 5.74) is 9.01. The zero-order valence-electron chi connectivity index (χ0n) is 8.74. The summed E-state index contributed by atoms with van der Waals surface area (Å²) in [7, 11) is 0. The largest absolute Gasteiger partial charge is 0.481 e. The second kappa shape index (κ2) is 4.63. The van der Waals surface area contributed by atoms with Crippen LogP contribution in [0.15, 0.2) is 23.3 Å². The van der Waals surface area contributed by atoms with Crippen molar-refractivity contribution in [2.45, 2.75) is 12.5 Å². The Hall–Kier alpha value is -2.40. The Morgan fingerprint density at radius 2 is 2.29 bits per heavy atom. The summed E-state index contributed by atoms with van der Waals surface area (Å²) in [5, 5.41) is 12.2. The lowest BCUT2D eigenvalue weighted by atomic mass is 10.0. The van der Waals surface area contributed by atoms with E-state index >= 15 is 0 Å². The van der Waals surface area contributed by atoms with Crippen molar-refractivity contribution < 1.29 is 19.4 Å². The van der Waals surface area contributed by atoms with E-state index in [1.807, 2.05) is 0 Å². The number of carboxylic acids is 1. The molecule has 2 rings (SSSR count). The molecule has 0 saturated heterocycles. The van der Waals surface area contributed by atoms with E-state index in [9.17, 15) is 4.79 Å². The van der Waals surface area contributed by atoms with E-state index in [1.165, 1.54) is 0 Å². The highest BCUT2D eigenvalue weighted by molar-refractivity contribution is 5.68. The van der Waals surface area contributed by atoms with Gasteiger partial charge in [0, 0.05) is 4.91 Å². The minimum absolute atomic E-state index is 0.143. The first-order valence-corrected chi connectivity index (χ1v) is 4.86. The zero-order valence-corrected chi connectivity index (χ0v) is 8.74. The standard InChI is InChI=1S/C10H9N3O4/c11-13-12-7(4-10(14)15)6-1-2-8-9(3-6)17-5-16-8/h1-3,7H,4-5H2,(H,14,15). The summed E-state index contributed by atoms with van der Waals surface area (Å²) in [6.45, 7) is 0.143. The van der Waals surface area contributed by atoms with Gasteiger partial charge in [-0.15, -0.1) is 0 Å². The second-order valence-corrected chi connectivity index (χ2v) is 3.43. The fourth-order valence-corrected chi connectivity index (χ4v) is 1.57. The number of aliphatic carboxylic acids is 1. The molecule has 0 spiro atoms. The molecule has 1 atom stereocenters. The smallest absolute Gasteiger partial charge is 0.304 e. The lowest BCUT2D eigenvalue weighted by molar-refractivity contribution is -0.137. The third-order valence-corrected chi connectivity index (χ3v) is 2.34. The Bertz CT molecular complexity index is 496. The molecule has 88 valence electrons. The van der Waals surface area contributed by atoms with Crippen LogP contribution in [0.2, 0.25) is 0 Å². The predicted octanol–water partition coefficient (Wildman–Crippen LogP) is 2.24. The molecule has 0 amide bonds. The first-order valence-electron chi connectivity index (χ1n) is 4.86. The van der Waals surface area contributed by atoms with Gasteiger partial charge in [0.1, 0.15) is 0 Å². The molecule has 0 aromatic heterocycles. The minimum Gasteiger partial charge on any atom is -0.481 e. The SMILES string of the molecule is [N-]=[N+]=NC(CC(=O)O)c1ccc2c(c1)OCO2. The number of azide groups is 1. The molecule has 0 saturated carbocycles. The number of carboxylic acid groups (broad SMARTS) is 1. The van der Waals surface area contributed by atoms with Crippen molar-refractivity contribution in [2.75, 3.05) is 6.79 Å². The number of nitrogens with zero attached hydrogens (tertiary/aromatic N) is 3. The molecule has 7 nitrogen and oxygen atoms in total. The molecule has 1 aliphatic heterocycles. The molecule has 0 radical (unpaired) electrons. The van der Waals surface area contributed by atoms with Crippen molar-refractivity contribution >= 4 is 5.97 Å². The van der Waals surface area contributed by atoms with Gasteiger partial charge >= 0.3 is 5.97 Å². The molecule has 0 aliphatic carbocycles. The van der Waals surface area contributed by atoms with E-state index < -0.39 is 12.0 Å². The number of carbonyl (C=O) groups is 1. The van der Waals surface area contributed by atoms with E-state index in [0.717, 1.165) is 0 Å². The Balaban J connectivity index is 2.29. The summed E-state index contributed by atoms with van der Waals surface area (Å²) in [4.78, 5) is 13.3. The molecular weight excluding hydrogens is 226 g/mol. The molecule has 1 unspecified atom stereocenters. The summed E-state index contributed by atoms with van der Waals surface area (Å²) >= 11 is 0. The van der Waals surface area contributed by atoms with Crippen LogP contribution in [0, 0.1) is 0 Å². The normalized spacial score (nSPS) is 13.9. The summed E-state index contributed by atoms with van der Waals surface area (Å²) in [6.07, 6.45) is -0.260. The van der Waals surface area contributed by atoms with E-state index in [0.29, 0.717) is 17.1 Å². The first-order chi connectivity index (χ1) is 8.20. The maximum Gasteiger partial charge on any atom is 0.304 e. The van der Waals surface area contributed by atoms with Crippen LogP contribution in [0.3, 0.4) is 0 Å². The Morgan fingerprint density at radius 1 is 1.53 bits per heavy atom. The third kappa shape index (κ3) is 2.40. The fourth-order valence-electron chi connectivity index (χ4n) is 1.57. The van der Waals surface area contributed by atoms with Gasteiger partial charge < -0.3 is 14.6 Å². The average Bonchev–Trinajstić information content (AvgIpc) is 2.74. The minimum atomic E-state index is -1.03. The van der Waals surface area contributed by atoms with Gasteiger partial charge in [-0.2, -0.15) is 0 Å². The molecule has 0 bridgehead atoms. The molecular formula is C10H9N3O4. The van der Waals surface area contributed by atoms with E-state index in [-0.39, 0.29) is 13.2 Å². The molecule has 1 N–H and O–H groups in total. The summed E-state index contributed by atoms with van der Waals surface area (Å²) < 4.78 is 10.3. The maximum absolute atomic E-state index is 10.7. The lowest BCUT2D eigenvalue weighted by Crippen LogP contribution is -2.03. The summed E-state index contributed by atoms with van der Waals surface area (Å²) in [5.74, 6) is 0.106. The molecule has 1 heterocycles. The highest BCUT2D eigenvalue weighted by Crippen LogP contribution is 2.35. The number of hydrogen-bond donors (Lipinski definition) is 1. The van der Waals surface area contributed by atoms with Gasteiger partial charge in [0.2, 0.25) is 6.79 Å². The van der Waals surface area contributed by atoms with Gasteiger partial charge in [0.25, 0.3) is 0 Å². The van der Waals surface area contributed by atoms with E-state index in [4.69, 9.17) is 20.1 Å². The monoisotopic (exact) mass is 235 g/mol. The van der Waals surface area contributed by atoms with Crippen molar-refractivity contribution in [3.63, 3.8) is 0 Å². The Morgan fingerprint density at radius 3 is 3.00 bits per heavy atom. The number of hydrogen-bond acceptors (Lipinski definition) is 4. The Kier molecular flexibility index (Phi) is 3.02. The highest BCUT2D eigenvalue weighted by atomic mass is 16.7. The maximum atomic E-state index is 10.7. The van der Waals surface area contributed by atoms with Gasteiger partial charge in [-0.1, -0.05) is 11.2 Å². The molecule has 1 aromatic rings. The van der Waals surface area contributed by atoms with Gasteiger partial charge in [-0.25, -0.2) is 0 Å². The zero-order chi connectivity index (χ0) is 12.3. The quantitative estimate of drug-likeness (QED) is 0.490. The first kappa shape index (κ1) is 11.1. The van der Waals surface area contributed by atoms with Crippen molar-refractivity contribution in [1.82, 2.24) is 0 Å². The highest BCUT2D eigenvalue weighted by Gasteiger charge is 2.19. The van der Waals surface area contributed by atoms with Crippen LogP contribution in [-0.2, 0) is 4.79 Å².